The van der Waals surface area contributed by atoms with E-state index in [0.717, 1.165) is 18.5 Å². The molecule has 19 heavy (non-hydrogen) atoms. The van der Waals surface area contributed by atoms with E-state index < -0.39 is 10.0 Å². The zero-order valence-corrected chi connectivity index (χ0v) is 13.1. The highest BCUT2D eigenvalue weighted by molar-refractivity contribution is 7.89. The smallest absolute Gasteiger partial charge is 0.262 e. The Morgan fingerprint density at radius 1 is 1.37 bits per heavy atom. The van der Waals surface area contributed by atoms with Crippen LogP contribution in [0.1, 0.15) is 37.9 Å². The molecule has 2 N–H and O–H groups in total. The summed E-state index contributed by atoms with van der Waals surface area (Å²) in [5, 5.41) is 9.86. The van der Waals surface area contributed by atoms with Crippen LogP contribution < -0.4 is 5.32 Å². The Kier molecular flexibility index (Phi) is 5.51. The Morgan fingerprint density at radius 3 is 2.42 bits per heavy atom. The van der Waals surface area contributed by atoms with E-state index >= 15 is 0 Å². The zero-order chi connectivity index (χ0) is 14.6. The second-order valence-electron chi connectivity index (χ2n) is 4.65. The molecule has 1 heterocycles. The van der Waals surface area contributed by atoms with Crippen LogP contribution >= 0.6 is 0 Å². The first-order valence-electron chi connectivity index (χ1n) is 6.56. The molecule has 1 aromatic rings. The van der Waals surface area contributed by atoms with Crippen LogP contribution in [0.2, 0.25) is 0 Å². The molecule has 0 fully saturated rings. The van der Waals surface area contributed by atoms with Crippen molar-refractivity contribution in [2.75, 3.05) is 14.1 Å². The summed E-state index contributed by atoms with van der Waals surface area (Å²) in [6.45, 7) is 6.29. The summed E-state index contributed by atoms with van der Waals surface area (Å²) in [5.41, 5.74) is 1.49. The molecule has 0 aromatic carbocycles. The predicted octanol–water partition coefficient (Wildman–Crippen LogP) is 1.25. The van der Waals surface area contributed by atoms with Crippen molar-refractivity contribution in [2.45, 2.75) is 51.2 Å². The number of hydrogen-bond acceptors (Lipinski definition) is 4. The lowest BCUT2D eigenvalue weighted by molar-refractivity contribution is 0.348. The molecule has 6 nitrogen and oxygen atoms in total. The van der Waals surface area contributed by atoms with Crippen molar-refractivity contribution in [1.82, 2.24) is 19.8 Å². The van der Waals surface area contributed by atoms with Crippen molar-refractivity contribution in [2.24, 2.45) is 0 Å². The van der Waals surface area contributed by atoms with E-state index in [4.69, 9.17) is 0 Å². The molecule has 0 saturated carbocycles. The van der Waals surface area contributed by atoms with Gasteiger partial charge in [-0.3, -0.25) is 5.10 Å². The molecule has 0 bridgehead atoms. The van der Waals surface area contributed by atoms with Crippen LogP contribution in [0.4, 0.5) is 0 Å². The minimum absolute atomic E-state index is 0.00411. The summed E-state index contributed by atoms with van der Waals surface area (Å²) < 4.78 is 26.7. The third kappa shape index (κ3) is 3.16. The largest absolute Gasteiger partial charge is 0.316 e. The maximum absolute atomic E-state index is 12.6. The summed E-state index contributed by atoms with van der Waals surface area (Å²) in [7, 11) is -0.133. The van der Waals surface area contributed by atoms with Crippen molar-refractivity contribution in [3.63, 3.8) is 0 Å². The van der Waals surface area contributed by atoms with Crippen molar-refractivity contribution >= 4 is 10.0 Å². The lowest BCUT2D eigenvalue weighted by Crippen LogP contribution is -2.37. The first kappa shape index (κ1) is 16.1. The molecule has 0 unspecified atom stereocenters. The average Bonchev–Trinajstić information content (AvgIpc) is 2.73. The summed E-state index contributed by atoms with van der Waals surface area (Å²) >= 11 is 0. The Balaban J connectivity index is 3.20. The van der Waals surface area contributed by atoms with E-state index in [9.17, 15) is 8.42 Å². The highest BCUT2D eigenvalue weighted by Crippen LogP contribution is 2.22. The topological polar surface area (TPSA) is 78.1 Å². The van der Waals surface area contributed by atoms with Crippen LogP contribution in [0.25, 0.3) is 0 Å². The molecule has 0 spiro atoms. The lowest BCUT2D eigenvalue weighted by atomic mass is 10.2. The van der Waals surface area contributed by atoms with E-state index in [1.807, 2.05) is 20.8 Å². The number of rotatable bonds is 7. The van der Waals surface area contributed by atoms with Crippen molar-refractivity contribution < 1.29 is 8.42 Å². The number of aryl methyl sites for hydroxylation is 1. The third-order valence-electron chi connectivity index (χ3n) is 3.47. The minimum atomic E-state index is -3.54. The zero-order valence-electron chi connectivity index (χ0n) is 12.3. The van der Waals surface area contributed by atoms with Gasteiger partial charge in [0, 0.05) is 30.9 Å². The van der Waals surface area contributed by atoms with Crippen LogP contribution in [-0.4, -0.2) is 43.1 Å². The molecule has 0 aliphatic heterocycles. The first-order chi connectivity index (χ1) is 8.89. The summed E-state index contributed by atoms with van der Waals surface area (Å²) in [5.74, 6) is 0. The highest BCUT2D eigenvalue weighted by Gasteiger charge is 2.31. The van der Waals surface area contributed by atoms with Crippen LogP contribution in [0.15, 0.2) is 5.03 Å². The van der Waals surface area contributed by atoms with Gasteiger partial charge in [0.05, 0.1) is 0 Å². The monoisotopic (exact) mass is 288 g/mol. The molecular weight excluding hydrogens is 264 g/mol. The summed E-state index contributed by atoms with van der Waals surface area (Å²) in [4.78, 5) is 0. The molecule has 1 rings (SSSR count). The number of aromatic nitrogens is 2. The Labute approximate surface area is 115 Å². The number of nitrogens with one attached hydrogen (secondary N) is 2. The molecule has 7 heteroatoms. The number of hydrogen-bond donors (Lipinski definition) is 2. The van der Waals surface area contributed by atoms with Gasteiger partial charge in [0.2, 0.25) is 0 Å². The molecular formula is C12H24N4O2S. The second kappa shape index (κ2) is 6.49. The number of sulfonamides is 1. The Hall–Kier alpha value is -0.920. The molecule has 0 aliphatic rings. The molecule has 0 aliphatic carbocycles. The maximum atomic E-state index is 12.6. The fraction of sp³-hybridized carbons (Fsp3) is 0.750. The molecule has 1 aromatic heterocycles. The van der Waals surface area contributed by atoms with Crippen LogP contribution in [0.3, 0.4) is 0 Å². The van der Waals surface area contributed by atoms with E-state index in [1.165, 1.54) is 4.31 Å². The molecule has 0 atom stereocenters. The van der Waals surface area contributed by atoms with E-state index in [2.05, 4.69) is 15.5 Å². The van der Waals surface area contributed by atoms with Gasteiger partial charge in [-0.05, 0) is 26.8 Å². The maximum Gasteiger partial charge on any atom is 0.262 e. The van der Waals surface area contributed by atoms with E-state index in [1.54, 1.807) is 14.1 Å². The van der Waals surface area contributed by atoms with Gasteiger partial charge < -0.3 is 5.32 Å². The Bertz CT molecular complexity index is 506. The molecule has 110 valence electrons. The summed E-state index contributed by atoms with van der Waals surface area (Å²) in [6.07, 6.45) is 1.58. The lowest BCUT2D eigenvalue weighted by Gasteiger charge is -2.25. The van der Waals surface area contributed by atoms with Crippen LogP contribution in [0.5, 0.6) is 0 Å². The van der Waals surface area contributed by atoms with E-state index in [0.29, 0.717) is 12.1 Å². The van der Waals surface area contributed by atoms with Crippen molar-refractivity contribution in [3.05, 3.63) is 11.3 Å². The summed E-state index contributed by atoms with van der Waals surface area (Å²) in [6, 6.07) is 0.00411. The van der Waals surface area contributed by atoms with Gasteiger partial charge in [-0.15, -0.1) is 0 Å². The van der Waals surface area contributed by atoms with E-state index in [-0.39, 0.29) is 11.1 Å². The fourth-order valence-corrected chi connectivity index (χ4v) is 3.82. The van der Waals surface area contributed by atoms with Crippen molar-refractivity contribution in [1.29, 1.82) is 0 Å². The van der Waals surface area contributed by atoms with Crippen molar-refractivity contribution in [3.8, 4) is 0 Å². The predicted molar refractivity (Wildman–Crippen MR) is 75.4 cm³/mol. The first-order valence-corrected chi connectivity index (χ1v) is 8.00. The Morgan fingerprint density at radius 2 is 1.95 bits per heavy atom. The number of H-pyrrole nitrogens is 1. The second-order valence-corrected chi connectivity index (χ2v) is 6.57. The van der Waals surface area contributed by atoms with Gasteiger partial charge in [-0.1, -0.05) is 13.8 Å². The van der Waals surface area contributed by atoms with Gasteiger partial charge in [-0.25, -0.2) is 8.42 Å². The van der Waals surface area contributed by atoms with Gasteiger partial charge >= 0.3 is 0 Å². The SMILES string of the molecule is CCC(CC)N(C)S(=O)(=O)c1n[nH]c(C)c1CNC. The van der Waals surface area contributed by atoms with Gasteiger partial charge in [0.15, 0.2) is 5.03 Å². The molecule has 0 saturated heterocycles. The molecule has 0 radical (unpaired) electrons. The third-order valence-corrected chi connectivity index (χ3v) is 5.35. The standard InChI is InChI=1S/C12H24N4O2S/c1-6-10(7-2)16(5)19(17,18)12-11(8-13-4)9(3)14-15-12/h10,13H,6-8H2,1-5H3,(H,14,15). The fourth-order valence-electron chi connectivity index (χ4n) is 2.16. The van der Waals surface area contributed by atoms with Gasteiger partial charge in [0.1, 0.15) is 0 Å². The average molecular weight is 288 g/mol. The normalized spacial score (nSPS) is 12.6. The number of aromatic amines is 1. The number of nitrogens with zero attached hydrogens (tertiary/aromatic N) is 2. The minimum Gasteiger partial charge on any atom is -0.316 e. The quantitative estimate of drug-likeness (QED) is 0.791. The van der Waals surface area contributed by atoms with Gasteiger partial charge in [-0.2, -0.15) is 9.40 Å². The molecule has 0 amide bonds. The van der Waals surface area contributed by atoms with Crippen LogP contribution in [0, 0.1) is 6.92 Å². The van der Waals surface area contributed by atoms with Gasteiger partial charge in [0.25, 0.3) is 10.0 Å². The highest BCUT2D eigenvalue weighted by atomic mass is 32.2. The van der Waals surface area contributed by atoms with Crippen LogP contribution in [-0.2, 0) is 16.6 Å².